The quantitative estimate of drug-likeness (QED) is 0.297. The van der Waals surface area contributed by atoms with E-state index in [2.05, 4.69) is 25.8 Å². The van der Waals surface area contributed by atoms with Crippen LogP contribution in [0.3, 0.4) is 0 Å². The van der Waals surface area contributed by atoms with Crippen molar-refractivity contribution >= 4 is 35.8 Å². The lowest BCUT2D eigenvalue weighted by atomic mass is 10.2. The third-order valence-corrected chi connectivity index (χ3v) is 4.83. The molecule has 0 bridgehead atoms. The average molecular weight is 507 g/mol. The van der Waals surface area contributed by atoms with Gasteiger partial charge in [-0.15, -0.1) is 34.2 Å². The second kappa shape index (κ2) is 12.9. The van der Waals surface area contributed by atoms with E-state index >= 15 is 0 Å². The smallest absolute Gasteiger partial charge is 0.224 e. The van der Waals surface area contributed by atoms with E-state index in [1.165, 1.54) is 0 Å². The fraction of sp³-hybridized carbons (Fsp3) is 0.778. The Bertz CT molecular complexity index is 625. The Labute approximate surface area is 184 Å². The van der Waals surface area contributed by atoms with Gasteiger partial charge in [-0.1, -0.05) is 0 Å². The first-order chi connectivity index (χ1) is 13.0. The van der Waals surface area contributed by atoms with Gasteiger partial charge >= 0.3 is 0 Å². The molecule has 0 saturated carbocycles. The molecule has 1 unspecified atom stereocenters. The number of carbonyl (C=O) groups excluding carboxylic acids is 1. The maximum atomic E-state index is 12.2. The molecule has 1 aromatic heterocycles. The van der Waals surface area contributed by atoms with Crippen molar-refractivity contribution in [2.45, 2.75) is 52.7 Å². The van der Waals surface area contributed by atoms with Gasteiger partial charge in [0.25, 0.3) is 0 Å². The first-order valence-corrected chi connectivity index (χ1v) is 9.81. The number of nitrogens with zero attached hydrogens (tertiary/aromatic N) is 5. The summed E-state index contributed by atoms with van der Waals surface area (Å²) in [5, 5.41) is 14.8. The van der Waals surface area contributed by atoms with Gasteiger partial charge in [-0.3, -0.25) is 4.79 Å². The van der Waals surface area contributed by atoms with Crippen LogP contribution in [0, 0.1) is 6.92 Å². The van der Waals surface area contributed by atoms with Crippen LogP contribution in [0.1, 0.15) is 44.8 Å². The molecule has 2 rings (SSSR count). The predicted molar refractivity (Wildman–Crippen MR) is 120 cm³/mol. The highest BCUT2D eigenvalue weighted by Crippen LogP contribution is 2.10. The molecular formula is C18H34IN7O2. The third kappa shape index (κ3) is 7.53. The van der Waals surface area contributed by atoms with E-state index < -0.39 is 0 Å². The number of ether oxygens (including phenoxy) is 1. The number of aromatic nitrogens is 3. The summed E-state index contributed by atoms with van der Waals surface area (Å²) in [7, 11) is 1.93. The minimum Gasteiger partial charge on any atom is -0.376 e. The zero-order chi connectivity index (χ0) is 19.6. The lowest BCUT2D eigenvalue weighted by molar-refractivity contribution is -0.130. The van der Waals surface area contributed by atoms with Crippen molar-refractivity contribution in [2.75, 3.05) is 32.8 Å². The molecule has 10 heteroatoms. The molecule has 1 aliphatic heterocycles. The normalized spacial score (nSPS) is 16.6. The fourth-order valence-corrected chi connectivity index (χ4v) is 2.95. The van der Waals surface area contributed by atoms with Gasteiger partial charge in [0.2, 0.25) is 5.91 Å². The predicted octanol–water partition coefficient (Wildman–Crippen LogP) is 1.21. The molecule has 2 heterocycles. The molecule has 1 atom stereocenters. The summed E-state index contributed by atoms with van der Waals surface area (Å²) in [5.74, 6) is 2.46. The first kappa shape index (κ1) is 24.6. The summed E-state index contributed by atoms with van der Waals surface area (Å²) in [6.07, 6.45) is 2.81. The van der Waals surface area contributed by atoms with Crippen LogP contribution in [-0.2, 0) is 23.1 Å². The van der Waals surface area contributed by atoms with Crippen LogP contribution in [-0.4, -0.2) is 70.4 Å². The highest BCUT2D eigenvalue weighted by atomic mass is 127. The number of hydrogen-bond donors (Lipinski definition) is 2. The molecule has 28 heavy (non-hydrogen) atoms. The molecule has 2 N–H and O–H groups in total. The molecule has 1 aromatic rings. The van der Waals surface area contributed by atoms with Gasteiger partial charge in [-0.25, -0.2) is 4.99 Å². The summed E-state index contributed by atoms with van der Waals surface area (Å²) in [5.41, 5.74) is 0. The molecule has 0 spiro atoms. The molecule has 1 saturated heterocycles. The number of aliphatic imine (C=N–C) groups is 1. The van der Waals surface area contributed by atoms with Gasteiger partial charge in [0.15, 0.2) is 11.8 Å². The Hall–Kier alpha value is -1.43. The molecule has 0 radical (unpaired) electrons. The number of nitrogens with one attached hydrogen (secondary N) is 2. The van der Waals surface area contributed by atoms with Crippen LogP contribution >= 0.6 is 24.0 Å². The molecule has 160 valence electrons. The second-order valence-corrected chi connectivity index (χ2v) is 6.65. The number of rotatable bonds is 9. The molecule has 1 fully saturated rings. The Balaban J connectivity index is 0.00000392. The minimum atomic E-state index is 0. The van der Waals surface area contributed by atoms with E-state index in [-0.39, 0.29) is 36.0 Å². The van der Waals surface area contributed by atoms with Gasteiger partial charge in [0.05, 0.1) is 6.10 Å². The first-order valence-electron chi connectivity index (χ1n) is 9.81. The van der Waals surface area contributed by atoms with Crippen molar-refractivity contribution in [1.29, 1.82) is 0 Å². The summed E-state index contributed by atoms with van der Waals surface area (Å²) < 4.78 is 7.58. The third-order valence-electron chi connectivity index (χ3n) is 4.83. The van der Waals surface area contributed by atoms with Crippen LogP contribution in [0.25, 0.3) is 0 Å². The standard InChI is InChI=1S/C18H33N7O2.HI/c1-5-25(6-2)17(26)9-10-19-18(20-12-15-8-7-11-27-15)21-13-16-23-22-14(3)24(16)4;/h15H,5-13H2,1-4H3,(H2,19,20,21);1H. The monoisotopic (exact) mass is 507 g/mol. The topological polar surface area (TPSA) is 96.7 Å². The van der Waals surface area contributed by atoms with Gasteiger partial charge in [0.1, 0.15) is 12.4 Å². The Kier molecular flexibility index (Phi) is 11.4. The lowest BCUT2D eigenvalue weighted by Gasteiger charge is -2.19. The van der Waals surface area contributed by atoms with Gasteiger partial charge in [-0.05, 0) is 33.6 Å². The van der Waals surface area contributed by atoms with Crippen LogP contribution in [0.4, 0.5) is 0 Å². The van der Waals surface area contributed by atoms with Crippen molar-refractivity contribution in [3.8, 4) is 0 Å². The fourth-order valence-electron chi connectivity index (χ4n) is 2.95. The van der Waals surface area contributed by atoms with Gasteiger partial charge < -0.3 is 24.8 Å². The van der Waals surface area contributed by atoms with E-state index in [1.807, 2.05) is 37.3 Å². The van der Waals surface area contributed by atoms with E-state index in [1.54, 1.807) is 0 Å². The Morgan fingerprint density at radius 1 is 1.32 bits per heavy atom. The molecule has 1 amide bonds. The number of guanidine groups is 1. The number of amides is 1. The molecule has 0 aromatic carbocycles. The highest BCUT2D eigenvalue weighted by molar-refractivity contribution is 14.0. The van der Waals surface area contributed by atoms with Crippen LogP contribution in [0.2, 0.25) is 0 Å². The van der Waals surface area contributed by atoms with E-state index in [0.717, 1.165) is 44.2 Å². The lowest BCUT2D eigenvalue weighted by Crippen LogP contribution is -2.42. The van der Waals surface area contributed by atoms with E-state index in [0.29, 0.717) is 32.0 Å². The highest BCUT2D eigenvalue weighted by Gasteiger charge is 2.16. The average Bonchev–Trinajstić information content (AvgIpc) is 3.29. The minimum absolute atomic E-state index is 0. The summed E-state index contributed by atoms with van der Waals surface area (Å²) in [6.45, 7) is 9.84. The zero-order valence-electron chi connectivity index (χ0n) is 17.4. The van der Waals surface area contributed by atoms with Crippen LogP contribution < -0.4 is 10.6 Å². The van der Waals surface area contributed by atoms with Gasteiger partial charge in [0, 0.05) is 46.3 Å². The SMILES string of the molecule is CCN(CC)C(=O)CCNC(=NCc1nnc(C)n1C)NCC1CCCO1.I. The maximum Gasteiger partial charge on any atom is 0.224 e. The molecular weight excluding hydrogens is 473 g/mol. The number of aryl methyl sites for hydroxylation is 1. The number of halogens is 1. The summed E-state index contributed by atoms with van der Waals surface area (Å²) >= 11 is 0. The number of hydrogen-bond acceptors (Lipinski definition) is 5. The van der Waals surface area contributed by atoms with Crippen molar-refractivity contribution in [3.63, 3.8) is 0 Å². The molecule has 0 aliphatic carbocycles. The van der Waals surface area contributed by atoms with Crippen molar-refractivity contribution < 1.29 is 9.53 Å². The summed E-state index contributed by atoms with van der Waals surface area (Å²) in [6, 6.07) is 0. The number of carbonyl (C=O) groups is 1. The van der Waals surface area contributed by atoms with Crippen LogP contribution in [0.5, 0.6) is 0 Å². The largest absolute Gasteiger partial charge is 0.376 e. The van der Waals surface area contributed by atoms with Gasteiger partial charge in [-0.2, -0.15) is 0 Å². The van der Waals surface area contributed by atoms with Crippen LogP contribution in [0.15, 0.2) is 4.99 Å². The molecule has 1 aliphatic rings. The van der Waals surface area contributed by atoms with Crippen molar-refractivity contribution in [1.82, 2.24) is 30.3 Å². The Morgan fingerprint density at radius 2 is 2.07 bits per heavy atom. The van der Waals surface area contributed by atoms with E-state index in [4.69, 9.17) is 4.74 Å². The Morgan fingerprint density at radius 3 is 2.64 bits per heavy atom. The second-order valence-electron chi connectivity index (χ2n) is 6.65. The van der Waals surface area contributed by atoms with Crippen molar-refractivity contribution in [3.05, 3.63) is 11.6 Å². The maximum absolute atomic E-state index is 12.2. The summed E-state index contributed by atoms with van der Waals surface area (Å²) in [4.78, 5) is 18.6. The van der Waals surface area contributed by atoms with E-state index in [9.17, 15) is 4.79 Å². The zero-order valence-corrected chi connectivity index (χ0v) is 19.7. The van der Waals surface area contributed by atoms with Crippen molar-refractivity contribution in [2.24, 2.45) is 12.0 Å². The molecule has 9 nitrogen and oxygen atoms in total.